The van der Waals surface area contributed by atoms with E-state index < -0.39 is 0 Å². The lowest BCUT2D eigenvalue weighted by Gasteiger charge is -2.30. The van der Waals surface area contributed by atoms with Gasteiger partial charge in [0.05, 0.1) is 5.71 Å². The highest BCUT2D eigenvalue weighted by Crippen LogP contribution is 2.55. The largest absolute Gasteiger partial charge is 0.389 e. The lowest BCUT2D eigenvalue weighted by Crippen LogP contribution is -2.35. The summed E-state index contributed by atoms with van der Waals surface area (Å²) >= 11 is 0. The van der Waals surface area contributed by atoms with Crippen molar-refractivity contribution in [1.82, 2.24) is 0 Å². The first kappa shape index (κ1) is 6.93. The van der Waals surface area contributed by atoms with Crippen LogP contribution in [0.3, 0.4) is 0 Å². The van der Waals surface area contributed by atoms with Crippen LogP contribution < -0.4 is 0 Å². The van der Waals surface area contributed by atoms with Crippen LogP contribution in [0.15, 0.2) is 5.16 Å². The first-order valence-corrected chi connectivity index (χ1v) is 5.00. The van der Waals surface area contributed by atoms with E-state index in [1.54, 1.807) is 0 Å². The van der Waals surface area contributed by atoms with Gasteiger partial charge in [0.15, 0.2) is 0 Å². The van der Waals surface area contributed by atoms with Crippen LogP contribution in [0.1, 0.15) is 39.0 Å². The van der Waals surface area contributed by atoms with Crippen LogP contribution in [0.2, 0.25) is 0 Å². The van der Waals surface area contributed by atoms with Gasteiger partial charge >= 0.3 is 0 Å². The average molecular weight is 165 g/mol. The maximum Gasteiger partial charge on any atom is 0.146 e. The van der Waals surface area contributed by atoms with Crippen molar-refractivity contribution in [1.29, 1.82) is 0 Å². The molecule has 0 amide bonds. The molecule has 3 rings (SSSR count). The summed E-state index contributed by atoms with van der Waals surface area (Å²) in [5, 5.41) is 4.11. The van der Waals surface area contributed by atoms with E-state index in [1.807, 2.05) is 0 Å². The molecule has 66 valence electrons. The molecule has 2 saturated carbocycles. The Bertz CT molecular complexity index is 248. The van der Waals surface area contributed by atoms with Crippen LogP contribution in [-0.4, -0.2) is 11.3 Å². The Hall–Kier alpha value is -0.530. The zero-order valence-corrected chi connectivity index (χ0v) is 7.55. The highest BCUT2D eigenvalue weighted by atomic mass is 16.7. The van der Waals surface area contributed by atoms with Gasteiger partial charge in [0.2, 0.25) is 0 Å². The molecule has 12 heavy (non-hydrogen) atoms. The van der Waals surface area contributed by atoms with Crippen LogP contribution >= 0.6 is 0 Å². The molecule has 2 heteroatoms. The van der Waals surface area contributed by atoms with Crippen molar-refractivity contribution >= 4 is 5.71 Å². The number of rotatable bonds is 0. The maximum absolute atomic E-state index is 5.64. The van der Waals surface area contributed by atoms with Crippen molar-refractivity contribution in [3.8, 4) is 0 Å². The van der Waals surface area contributed by atoms with E-state index in [0.29, 0.717) is 0 Å². The molecule has 0 aromatic heterocycles. The zero-order valence-electron chi connectivity index (χ0n) is 7.55. The Morgan fingerprint density at radius 2 is 2.42 bits per heavy atom. The van der Waals surface area contributed by atoms with Gasteiger partial charge in [-0.1, -0.05) is 5.16 Å². The van der Waals surface area contributed by atoms with Crippen molar-refractivity contribution in [3.05, 3.63) is 0 Å². The molecule has 1 aliphatic heterocycles. The fraction of sp³-hybridized carbons (Fsp3) is 0.900. The maximum atomic E-state index is 5.64. The molecule has 0 radical (unpaired) electrons. The van der Waals surface area contributed by atoms with Gasteiger partial charge in [-0.25, -0.2) is 0 Å². The molecule has 3 unspecified atom stereocenters. The minimum absolute atomic E-state index is 0.174. The third kappa shape index (κ3) is 0.732. The minimum Gasteiger partial charge on any atom is -0.389 e. The molecule has 0 aromatic rings. The van der Waals surface area contributed by atoms with Gasteiger partial charge in [0.25, 0.3) is 0 Å². The molecule has 0 aromatic carbocycles. The second-order valence-electron chi connectivity index (χ2n) is 4.74. The Labute approximate surface area is 73.0 Å². The average Bonchev–Trinajstić information content (AvgIpc) is 2.67. The third-order valence-corrected chi connectivity index (χ3v) is 3.86. The van der Waals surface area contributed by atoms with Gasteiger partial charge < -0.3 is 4.84 Å². The summed E-state index contributed by atoms with van der Waals surface area (Å²) in [5.41, 5.74) is 1.37. The summed E-state index contributed by atoms with van der Waals surface area (Å²) in [6.45, 7) is 2.08. The van der Waals surface area contributed by atoms with E-state index in [1.165, 1.54) is 31.4 Å². The fourth-order valence-corrected chi connectivity index (χ4v) is 3.39. The Kier molecular flexibility index (Phi) is 1.18. The van der Waals surface area contributed by atoms with E-state index in [4.69, 9.17) is 4.84 Å². The predicted octanol–water partition coefficient (Wildman–Crippen LogP) is 2.34. The summed E-state index contributed by atoms with van der Waals surface area (Å²) in [7, 11) is 0. The molecule has 3 atom stereocenters. The van der Waals surface area contributed by atoms with Gasteiger partial charge in [0, 0.05) is 12.3 Å². The first-order chi connectivity index (χ1) is 5.78. The van der Waals surface area contributed by atoms with Crippen LogP contribution in [0, 0.1) is 11.8 Å². The van der Waals surface area contributed by atoms with E-state index >= 15 is 0 Å². The minimum atomic E-state index is 0.174. The summed E-state index contributed by atoms with van der Waals surface area (Å²) in [4.78, 5) is 5.64. The summed E-state index contributed by atoms with van der Waals surface area (Å²) < 4.78 is 0. The van der Waals surface area contributed by atoms with Crippen LogP contribution in [0.5, 0.6) is 0 Å². The van der Waals surface area contributed by atoms with Gasteiger partial charge in [-0.2, -0.15) is 0 Å². The van der Waals surface area contributed by atoms with Crippen molar-refractivity contribution in [2.24, 2.45) is 17.0 Å². The van der Waals surface area contributed by atoms with E-state index in [2.05, 4.69) is 12.1 Å². The quantitative estimate of drug-likeness (QED) is 0.540. The van der Waals surface area contributed by atoms with Crippen molar-refractivity contribution in [2.75, 3.05) is 0 Å². The molecular formula is C10H15NO. The summed E-state index contributed by atoms with van der Waals surface area (Å²) in [6.07, 6.45) is 6.61. The monoisotopic (exact) mass is 165 g/mol. The molecule has 1 spiro atoms. The number of oxime groups is 1. The molecule has 2 nitrogen and oxygen atoms in total. The Morgan fingerprint density at radius 3 is 2.92 bits per heavy atom. The van der Waals surface area contributed by atoms with Crippen LogP contribution in [0.25, 0.3) is 0 Å². The fourth-order valence-electron chi connectivity index (χ4n) is 3.39. The van der Waals surface area contributed by atoms with Crippen LogP contribution in [-0.2, 0) is 4.84 Å². The normalized spacial score (nSPS) is 49.9. The number of fused-ring (bicyclic) bond motifs is 3. The summed E-state index contributed by atoms with van der Waals surface area (Å²) in [5.74, 6) is 1.78. The predicted molar refractivity (Wildman–Crippen MR) is 47.0 cm³/mol. The van der Waals surface area contributed by atoms with Gasteiger partial charge in [-0.05, 0) is 38.5 Å². The molecule has 2 bridgehead atoms. The van der Waals surface area contributed by atoms with Crippen molar-refractivity contribution < 1.29 is 4.84 Å². The van der Waals surface area contributed by atoms with Gasteiger partial charge in [0.1, 0.15) is 5.60 Å². The number of nitrogens with zero attached hydrogens (tertiary/aromatic N) is 1. The standard InChI is InChI=1S/C10H15NO/c1-7-5-10(12-11-7)6-8-2-3-9(10)4-8/h8-9H,2-6H2,1H3. The molecule has 0 saturated heterocycles. The third-order valence-electron chi connectivity index (χ3n) is 3.86. The molecule has 0 N–H and O–H groups in total. The SMILES string of the molecule is CC1=NOC2(C1)CC1CCC2C1. The zero-order chi connectivity index (χ0) is 8.18. The van der Waals surface area contributed by atoms with Crippen molar-refractivity contribution in [3.63, 3.8) is 0 Å². The molecule has 2 aliphatic carbocycles. The highest BCUT2D eigenvalue weighted by Gasteiger charge is 2.55. The molecule has 1 heterocycles. The second-order valence-corrected chi connectivity index (χ2v) is 4.74. The van der Waals surface area contributed by atoms with Crippen molar-refractivity contribution in [2.45, 2.75) is 44.6 Å². The summed E-state index contributed by atoms with van der Waals surface area (Å²) in [6, 6.07) is 0. The van der Waals surface area contributed by atoms with E-state index in [9.17, 15) is 0 Å². The molecule has 3 aliphatic rings. The smallest absolute Gasteiger partial charge is 0.146 e. The molecule has 2 fully saturated rings. The first-order valence-electron chi connectivity index (χ1n) is 5.00. The van der Waals surface area contributed by atoms with Gasteiger partial charge in [-0.3, -0.25) is 0 Å². The van der Waals surface area contributed by atoms with E-state index in [0.717, 1.165) is 18.3 Å². The number of hydrogen-bond donors (Lipinski definition) is 0. The lowest BCUT2D eigenvalue weighted by molar-refractivity contribution is -0.0589. The number of hydrogen-bond acceptors (Lipinski definition) is 2. The van der Waals surface area contributed by atoms with Gasteiger partial charge in [-0.15, -0.1) is 0 Å². The second kappa shape index (κ2) is 2.04. The Balaban J connectivity index is 1.86. The Morgan fingerprint density at radius 1 is 1.50 bits per heavy atom. The van der Waals surface area contributed by atoms with Crippen LogP contribution in [0.4, 0.5) is 0 Å². The lowest BCUT2D eigenvalue weighted by atomic mass is 9.81. The van der Waals surface area contributed by atoms with E-state index in [-0.39, 0.29) is 5.60 Å². The topological polar surface area (TPSA) is 21.6 Å². The highest BCUT2D eigenvalue weighted by molar-refractivity contribution is 5.83. The molecular weight excluding hydrogens is 150 g/mol.